The number of aromatic amines is 1. The number of aliphatic hydroxyl groups is 1. The van der Waals surface area contributed by atoms with Crippen molar-refractivity contribution in [2.24, 2.45) is 0 Å². The molecule has 108 valence electrons. The largest absolute Gasteiger partial charge is 0.506 e. The summed E-state index contributed by atoms with van der Waals surface area (Å²) >= 11 is 0. The lowest BCUT2D eigenvalue weighted by molar-refractivity contribution is 0.278. The van der Waals surface area contributed by atoms with Crippen LogP contribution in [0.4, 0.5) is 0 Å². The molecule has 0 saturated heterocycles. The highest BCUT2D eigenvalue weighted by molar-refractivity contribution is 5.40. The molecule has 4 N–H and O–H groups in total. The topological polar surface area (TPSA) is 107 Å². The molecule has 0 unspecified atom stereocenters. The lowest BCUT2D eigenvalue weighted by Crippen LogP contribution is -2.17. The molecule has 0 spiro atoms. The number of hydrogen-bond donors (Lipinski definition) is 4. The number of H-pyrrole nitrogens is 1. The fourth-order valence-electron chi connectivity index (χ4n) is 1.96. The fraction of sp³-hybridized carbons (Fsp3) is 0.462. The number of aryl methyl sites for hydroxylation is 2. The number of nitrogens with zero attached hydrogens (tertiary/aromatic N) is 3. The molecule has 0 saturated carbocycles. The molecule has 20 heavy (non-hydrogen) atoms. The van der Waals surface area contributed by atoms with Crippen LogP contribution < -0.4 is 5.32 Å². The van der Waals surface area contributed by atoms with E-state index in [0.29, 0.717) is 23.4 Å². The van der Waals surface area contributed by atoms with Gasteiger partial charge in [0.2, 0.25) is 0 Å². The van der Waals surface area contributed by atoms with Gasteiger partial charge in [0, 0.05) is 30.3 Å². The van der Waals surface area contributed by atoms with E-state index in [4.69, 9.17) is 0 Å². The van der Waals surface area contributed by atoms with Gasteiger partial charge in [-0.15, -0.1) is 0 Å². The summed E-state index contributed by atoms with van der Waals surface area (Å²) in [5, 5.41) is 29.1. The van der Waals surface area contributed by atoms with E-state index in [9.17, 15) is 10.2 Å². The highest BCUT2D eigenvalue weighted by Crippen LogP contribution is 2.23. The van der Waals surface area contributed by atoms with E-state index in [2.05, 4.69) is 25.5 Å². The monoisotopic (exact) mass is 277 g/mol. The fourth-order valence-corrected chi connectivity index (χ4v) is 1.96. The summed E-state index contributed by atoms with van der Waals surface area (Å²) in [4.78, 5) is 8.08. The number of aliphatic hydroxyl groups excluding tert-OH is 1. The molecule has 0 aliphatic rings. The SMILES string of the molecule is Cc1ncc(CO)c(CNCCCc2ncn[nH]2)c1O. The van der Waals surface area contributed by atoms with Gasteiger partial charge >= 0.3 is 0 Å². The zero-order valence-electron chi connectivity index (χ0n) is 11.4. The number of nitrogens with one attached hydrogen (secondary N) is 2. The van der Waals surface area contributed by atoms with Gasteiger partial charge in [0.05, 0.1) is 12.3 Å². The third kappa shape index (κ3) is 3.52. The van der Waals surface area contributed by atoms with Gasteiger partial charge in [0.25, 0.3) is 0 Å². The number of hydrogen-bond acceptors (Lipinski definition) is 6. The Balaban J connectivity index is 1.83. The van der Waals surface area contributed by atoms with Gasteiger partial charge < -0.3 is 15.5 Å². The lowest BCUT2D eigenvalue weighted by Gasteiger charge is -2.12. The molecule has 0 aliphatic heterocycles. The molecule has 2 heterocycles. The van der Waals surface area contributed by atoms with Crippen molar-refractivity contribution < 1.29 is 10.2 Å². The molecule has 0 amide bonds. The van der Waals surface area contributed by atoms with E-state index < -0.39 is 0 Å². The van der Waals surface area contributed by atoms with Crippen LogP contribution in [0.15, 0.2) is 12.5 Å². The van der Waals surface area contributed by atoms with Crippen molar-refractivity contribution in [2.75, 3.05) is 6.54 Å². The van der Waals surface area contributed by atoms with Gasteiger partial charge in [-0.05, 0) is 19.9 Å². The molecule has 2 aromatic rings. The summed E-state index contributed by atoms with van der Waals surface area (Å²) < 4.78 is 0. The first-order valence-electron chi connectivity index (χ1n) is 6.54. The Morgan fingerprint density at radius 1 is 1.35 bits per heavy atom. The summed E-state index contributed by atoms with van der Waals surface area (Å²) in [6.07, 6.45) is 4.82. The average Bonchev–Trinajstić information content (AvgIpc) is 2.96. The van der Waals surface area contributed by atoms with Crippen molar-refractivity contribution in [3.63, 3.8) is 0 Å². The molecule has 0 aromatic carbocycles. The number of aromatic nitrogens is 4. The van der Waals surface area contributed by atoms with E-state index in [1.807, 2.05) is 0 Å². The van der Waals surface area contributed by atoms with Gasteiger partial charge in [-0.25, -0.2) is 4.98 Å². The first-order valence-corrected chi connectivity index (χ1v) is 6.54. The molecule has 0 fully saturated rings. The molecule has 7 nitrogen and oxygen atoms in total. The normalized spacial score (nSPS) is 10.9. The third-order valence-corrected chi connectivity index (χ3v) is 3.13. The maximum Gasteiger partial charge on any atom is 0.141 e. The van der Waals surface area contributed by atoms with Gasteiger partial charge in [0.1, 0.15) is 17.9 Å². The van der Waals surface area contributed by atoms with Crippen LogP contribution in [-0.2, 0) is 19.6 Å². The van der Waals surface area contributed by atoms with E-state index >= 15 is 0 Å². The second kappa shape index (κ2) is 6.97. The summed E-state index contributed by atoms with van der Waals surface area (Å²) in [6, 6.07) is 0. The van der Waals surface area contributed by atoms with Crippen LogP contribution in [0.5, 0.6) is 5.75 Å². The Hall–Kier alpha value is -1.99. The molecular weight excluding hydrogens is 258 g/mol. The Bertz CT molecular complexity index is 542. The maximum absolute atomic E-state index is 9.98. The van der Waals surface area contributed by atoms with Gasteiger partial charge in [-0.2, -0.15) is 5.10 Å². The molecule has 2 aromatic heterocycles. The summed E-state index contributed by atoms with van der Waals surface area (Å²) in [7, 11) is 0. The molecule has 0 atom stereocenters. The molecule has 0 radical (unpaired) electrons. The van der Waals surface area contributed by atoms with E-state index in [-0.39, 0.29) is 12.4 Å². The second-order valence-corrected chi connectivity index (χ2v) is 4.57. The van der Waals surface area contributed by atoms with Gasteiger partial charge in [-0.3, -0.25) is 10.1 Å². The maximum atomic E-state index is 9.98. The Morgan fingerprint density at radius 3 is 2.90 bits per heavy atom. The van der Waals surface area contributed by atoms with Gasteiger partial charge in [-0.1, -0.05) is 0 Å². The van der Waals surface area contributed by atoms with Crippen LogP contribution in [0, 0.1) is 6.92 Å². The van der Waals surface area contributed by atoms with Crippen LogP contribution >= 0.6 is 0 Å². The predicted octanol–water partition coefficient (Wildman–Crippen LogP) is 0.428. The van der Waals surface area contributed by atoms with Crippen LogP contribution in [0.1, 0.15) is 29.1 Å². The quantitative estimate of drug-likeness (QED) is 0.547. The van der Waals surface area contributed by atoms with Crippen molar-refractivity contribution >= 4 is 0 Å². The van der Waals surface area contributed by atoms with Crippen LogP contribution in [-0.4, -0.2) is 36.9 Å². The zero-order chi connectivity index (χ0) is 14.4. The number of pyridine rings is 1. The van der Waals surface area contributed by atoms with Crippen molar-refractivity contribution in [2.45, 2.75) is 32.9 Å². The van der Waals surface area contributed by atoms with Crippen molar-refractivity contribution in [1.82, 2.24) is 25.5 Å². The van der Waals surface area contributed by atoms with Crippen LogP contribution in [0.2, 0.25) is 0 Å². The van der Waals surface area contributed by atoms with E-state index in [0.717, 1.165) is 25.2 Å². The molecule has 7 heteroatoms. The molecule has 0 aliphatic carbocycles. The minimum atomic E-state index is -0.129. The van der Waals surface area contributed by atoms with Crippen molar-refractivity contribution in [3.8, 4) is 5.75 Å². The smallest absolute Gasteiger partial charge is 0.141 e. The lowest BCUT2D eigenvalue weighted by atomic mass is 10.1. The summed E-state index contributed by atoms with van der Waals surface area (Å²) in [6.45, 7) is 2.90. The third-order valence-electron chi connectivity index (χ3n) is 3.13. The summed E-state index contributed by atoms with van der Waals surface area (Å²) in [5.41, 5.74) is 1.93. The van der Waals surface area contributed by atoms with E-state index in [1.165, 1.54) is 6.33 Å². The van der Waals surface area contributed by atoms with Gasteiger partial charge in [0.15, 0.2) is 0 Å². The van der Waals surface area contributed by atoms with Crippen molar-refractivity contribution in [1.29, 1.82) is 0 Å². The molecule has 2 rings (SSSR count). The Kier molecular flexibility index (Phi) is 5.03. The number of aromatic hydroxyl groups is 1. The first kappa shape index (κ1) is 14.4. The Labute approximate surface area is 117 Å². The van der Waals surface area contributed by atoms with Crippen LogP contribution in [0.25, 0.3) is 0 Å². The minimum Gasteiger partial charge on any atom is -0.506 e. The Morgan fingerprint density at radius 2 is 2.20 bits per heavy atom. The highest BCUT2D eigenvalue weighted by Gasteiger charge is 2.10. The highest BCUT2D eigenvalue weighted by atomic mass is 16.3. The van der Waals surface area contributed by atoms with Crippen LogP contribution in [0.3, 0.4) is 0 Å². The first-order chi connectivity index (χ1) is 9.72. The number of rotatable bonds is 7. The molecule has 0 bridgehead atoms. The standard InChI is InChI=1S/C13H19N5O2/c1-9-13(20)11(10(7-19)5-15-9)6-14-4-2-3-12-16-8-17-18-12/h5,8,14,19-20H,2-4,6-7H2,1H3,(H,16,17,18). The minimum absolute atomic E-state index is 0.129. The van der Waals surface area contributed by atoms with E-state index in [1.54, 1.807) is 13.1 Å². The predicted molar refractivity (Wildman–Crippen MR) is 73.0 cm³/mol. The molecular formula is C13H19N5O2. The summed E-state index contributed by atoms with van der Waals surface area (Å²) in [5.74, 6) is 1.02. The second-order valence-electron chi connectivity index (χ2n) is 4.57. The van der Waals surface area contributed by atoms with Crippen molar-refractivity contribution in [3.05, 3.63) is 35.2 Å². The average molecular weight is 277 g/mol. The zero-order valence-corrected chi connectivity index (χ0v) is 11.4.